The lowest BCUT2D eigenvalue weighted by atomic mass is 10.2. The van der Waals surface area contributed by atoms with Gasteiger partial charge in [0.15, 0.2) is 0 Å². The van der Waals surface area contributed by atoms with Gasteiger partial charge in [-0.3, -0.25) is 0 Å². The van der Waals surface area contributed by atoms with Gasteiger partial charge in [-0.25, -0.2) is 4.52 Å². The highest BCUT2D eigenvalue weighted by atomic mass is 16.5. The summed E-state index contributed by atoms with van der Waals surface area (Å²) in [6.07, 6.45) is 0.934. The maximum atomic E-state index is 9.57. The molecule has 0 saturated carbocycles. The van der Waals surface area contributed by atoms with Crippen LogP contribution >= 0.6 is 0 Å². The van der Waals surface area contributed by atoms with E-state index in [-0.39, 0.29) is 6.61 Å². The monoisotopic (exact) mass is 299 g/mol. The number of fused-ring (bicyclic) bond motifs is 1. The van der Waals surface area contributed by atoms with E-state index in [1.165, 1.54) is 6.33 Å². The quantitative estimate of drug-likeness (QED) is 0.715. The Bertz CT molecular complexity index is 743. The van der Waals surface area contributed by atoms with Crippen molar-refractivity contribution in [2.75, 3.05) is 6.61 Å². The zero-order valence-corrected chi connectivity index (χ0v) is 12.0. The molecule has 6 heteroatoms. The van der Waals surface area contributed by atoms with Crippen LogP contribution in [-0.4, -0.2) is 37.5 Å². The SMILES string of the molecule is OCC(O)Cc1ccc2c(OCc3ccccc3)ncnn12. The number of nitrogens with zero attached hydrogens (tertiary/aromatic N) is 3. The summed E-state index contributed by atoms with van der Waals surface area (Å²) in [6.45, 7) is 0.142. The van der Waals surface area contributed by atoms with Gasteiger partial charge in [-0.2, -0.15) is 10.1 Å². The van der Waals surface area contributed by atoms with Crippen LogP contribution in [0.25, 0.3) is 5.52 Å². The number of benzene rings is 1. The van der Waals surface area contributed by atoms with Crippen molar-refractivity contribution in [1.82, 2.24) is 14.6 Å². The van der Waals surface area contributed by atoms with Crippen LogP contribution in [-0.2, 0) is 13.0 Å². The largest absolute Gasteiger partial charge is 0.471 e. The van der Waals surface area contributed by atoms with Gasteiger partial charge < -0.3 is 14.9 Å². The van der Waals surface area contributed by atoms with Crippen LogP contribution < -0.4 is 4.74 Å². The van der Waals surface area contributed by atoms with Gasteiger partial charge in [0.25, 0.3) is 0 Å². The summed E-state index contributed by atoms with van der Waals surface area (Å²) in [4.78, 5) is 4.17. The molecule has 114 valence electrons. The molecule has 0 bridgehead atoms. The fourth-order valence-corrected chi connectivity index (χ4v) is 2.26. The third-order valence-electron chi connectivity index (χ3n) is 3.37. The summed E-state index contributed by atoms with van der Waals surface area (Å²) in [5.41, 5.74) is 2.59. The van der Waals surface area contributed by atoms with E-state index in [0.29, 0.717) is 18.9 Å². The van der Waals surface area contributed by atoms with Crippen molar-refractivity contribution in [3.63, 3.8) is 0 Å². The Morgan fingerprint density at radius 1 is 1.14 bits per heavy atom. The normalized spacial score (nSPS) is 12.5. The van der Waals surface area contributed by atoms with Crippen LogP contribution in [0.15, 0.2) is 48.8 Å². The first-order valence-corrected chi connectivity index (χ1v) is 7.05. The summed E-state index contributed by atoms with van der Waals surface area (Å²) < 4.78 is 7.44. The first kappa shape index (κ1) is 14.5. The Labute approximate surface area is 127 Å². The molecule has 0 radical (unpaired) electrons. The van der Waals surface area contributed by atoms with E-state index >= 15 is 0 Å². The number of ether oxygens (including phenoxy) is 1. The summed E-state index contributed by atoms with van der Waals surface area (Å²) in [5.74, 6) is 0.489. The fraction of sp³-hybridized carbons (Fsp3) is 0.250. The smallest absolute Gasteiger partial charge is 0.241 e. The lowest BCUT2D eigenvalue weighted by molar-refractivity contribution is 0.0944. The molecule has 2 heterocycles. The molecule has 0 aliphatic rings. The summed E-state index contributed by atoms with van der Waals surface area (Å²) in [5, 5.41) is 22.7. The van der Waals surface area contributed by atoms with Crippen LogP contribution in [0.4, 0.5) is 0 Å². The van der Waals surface area contributed by atoms with E-state index in [1.807, 2.05) is 42.5 Å². The van der Waals surface area contributed by atoms with Crippen molar-refractivity contribution < 1.29 is 14.9 Å². The number of hydrogen-bond acceptors (Lipinski definition) is 5. The van der Waals surface area contributed by atoms with Gasteiger partial charge in [0.05, 0.1) is 12.7 Å². The van der Waals surface area contributed by atoms with Crippen LogP contribution in [0.5, 0.6) is 5.88 Å². The second-order valence-corrected chi connectivity index (χ2v) is 5.00. The summed E-state index contributed by atoms with van der Waals surface area (Å²) in [6, 6.07) is 13.5. The Kier molecular flexibility index (Phi) is 4.32. The minimum atomic E-state index is -0.804. The van der Waals surface area contributed by atoms with Crippen LogP contribution in [0.2, 0.25) is 0 Å². The Hall–Kier alpha value is -2.44. The van der Waals surface area contributed by atoms with Crippen LogP contribution in [0.1, 0.15) is 11.3 Å². The van der Waals surface area contributed by atoms with E-state index in [1.54, 1.807) is 4.52 Å². The van der Waals surface area contributed by atoms with E-state index < -0.39 is 6.10 Å². The molecular weight excluding hydrogens is 282 g/mol. The Morgan fingerprint density at radius 3 is 2.73 bits per heavy atom. The highest BCUT2D eigenvalue weighted by Crippen LogP contribution is 2.20. The summed E-state index contributed by atoms with van der Waals surface area (Å²) >= 11 is 0. The van der Waals surface area contributed by atoms with E-state index in [0.717, 1.165) is 16.8 Å². The van der Waals surface area contributed by atoms with Crippen LogP contribution in [0, 0.1) is 0 Å². The van der Waals surface area contributed by atoms with E-state index in [4.69, 9.17) is 9.84 Å². The molecule has 2 N–H and O–H groups in total. The van der Waals surface area contributed by atoms with E-state index in [9.17, 15) is 5.11 Å². The zero-order valence-electron chi connectivity index (χ0n) is 12.0. The number of hydrogen-bond donors (Lipinski definition) is 2. The molecule has 1 unspecified atom stereocenters. The van der Waals surface area contributed by atoms with Gasteiger partial charge in [-0.1, -0.05) is 30.3 Å². The van der Waals surface area contributed by atoms with Gasteiger partial charge in [-0.15, -0.1) is 0 Å². The standard InChI is InChI=1S/C16H17N3O3/c20-9-14(21)8-13-6-7-15-16(17-11-18-19(13)15)22-10-12-4-2-1-3-5-12/h1-7,11,14,20-21H,8-10H2. The minimum absolute atomic E-state index is 0.282. The Morgan fingerprint density at radius 2 is 1.95 bits per heavy atom. The molecule has 1 aromatic carbocycles. The second-order valence-electron chi connectivity index (χ2n) is 5.00. The van der Waals surface area contributed by atoms with Crippen molar-refractivity contribution in [2.45, 2.75) is 19.1 Å². The number of aliphatic hydroxyl groups excluding tert-OH is 2. The molecule has 0 aliphatic heterocycles. The number of rotatable bonds is 6. The van der Waals surface area contributed by atoms with Gasteiger partial charge in [0, 0.05) is 12.1 Å². The molecular formula is C16H17N3O3. The molecule has 22 heavy (non-hydrogen) atoms. The van der Waals surface area contributed by atoms with Crippen molar-refractivity contribution in [2.24, 2.45) is 0 Å². The van der Waals surface area contributed by atoms with Gasteiger partial charge in [0.1, 0.15) is 18.5 Å². The molecule has 3 aromatic rings. The first-order valence-electron chi connectivity index (χ1n) is 7.05. The summed E-state index contributed by atoms with van der Waals surface area (Å²) in [7, 11) is 0. The van der Waals surface area contributed by atoms with Gasteiger partial charge >= 0.3 is 0 Å². The second kappa shape index (κ2) is 6.55. The van der Waals surface area contributed by atoms with Crippen molar-refractivity contribution in [3.8, 4) is 5.88 Å². The zero-order chi connectivity index (χ0) is 15.4. The molecule has 2 aromatic heterocycles. The molecule has 0 amide bonds. The Balaban J connectivity index is 1.82. The van der Waals surface area contributed by atoms with Crippen LogP contribution in [0.3, 0.4) is 0 Å². The van der Waals surface area contributed by atoms with Crippen molar-refractivity contribution in [1.29, 1.82) is 0 Å². The first-order chi connectivity index (χ1) is 10.8. The molecule has 0 saturated heterocycles. The number of aromatic nitrogens is 3. The van der Waals surface area contributed by atoms with E-state index in [2.05, 4.69) is 10.1 Å². The lowest BCUT2D eigenvalue weighted by Crippen LogP contribution is -2.16. The average Bonchev–Trinajstić information content (AvgIpc) is 2.97. The highest BCUT2D eigenvalue weighted by molar-refractivity contribution is 5.57. The average molecular weight is 299 g/mol. The molecule has 3 rings (SSSR count). The van der Waals surface area contributed by atoms with Gasteiger partial charge in [0.2, 0.25) is 5.88 Å². The predicted octanol–water partition coefficient (Wildman–Crippen LogP) is 1.20. The third-order valence-corrected chi connectivity index (χ3v) is 3.37. The minimum Gasteiger partial charge on any atom is -0.471 e. The molecule has 1 atom stereocenters. The third kappa shape index (κ3) is 3.08. The molecule has 0 aliphatic carbocycles. The number of aliphatic hydroxyl groups is 2. The maximum Gasteiger partial charge on any atom is 0.241 e. The van der Waals surface area contributed by atoms with Crippen molar-refractivity contribution in [3.05, 3.63) is 60.0 Å². The molecule has 6 nitrogen and oxygen atoms in total. The topological polar surface area (TPSA) is 79.9 Å². The molecule has 0 spiro atoms. The fourth-order valence-electron chi connectivity index (χ4n) is 2.26. The highest BCUT2D eigenvalue weighted by Gasteiger charge is 2.12. The van der Waals surface area contributed by atoms with Gasteiger partial charge in [-0.05, 0) is 17.7 Å². The van der Waals surface area contributed by atoms with Crippen molar-refractivity contribution >= 4 is 5.52 Å². The molecule has 0 fully saturated rings. The maximum absolute atomic E-state index is 9.57. The lowest BCUT2D eigenvalue weighted by Gasteiger charge is -2.09. The predicted molar refractivity (Wildman–Crippen MR) is 80.6 cm³/mol.